The molecule has 4 aromatic rings. The van der Waals surface area contributed by atoms with Crippen LogP contribution >= 0.6 is 11.6 Å². The van der Waals surface area contributed by atoms with Crippen LogP contribution < -0.4 is 15.2 Å². The Kier molecular flexibility index (Phi) is 4.90. The van der Waals surface area contributed by atoms with Crippen LogP contribution in [-0.2, 0) is 19.5 Å². The van der Waals surface area contributed by atoms with Gasteiger partial charge in [-0.3, -0.25) is 9.36 Å². The van der Waals surface area contributed by atoms with E-state index in [2.05, 4.69) is 26.8 Å². The van der Waals surface area contributed by atoms with Crippen molar-refractivity contribution >= 4 is 28.3 Å². The van der Waals surface area contributed by atoms with Crippen LogP contribution in [0.15, 0.2) is 53.7 Å². The molecule has 0 radical (unpaired) electrons. The molecule has 1 unspecified atom stereocenters. The number of aromatic nitrogens is 4. The van der Waals surface area contributed by atoms with Crippen LogP contribution in [0.3, 0.4) is 0 Å². The molecule has 1 atom stereocenters. The van der Waals surface area contributed by atoms with Crippen LogP contribution in [-0.4, -0.2) is 32.7 Å². The fraction of sp³-hybridized carbons (Fsp3) is 0.261. The highest BCUT2D eigenvalue weighted by molar-refractivity contribution is 6.30. The summed E-state index contributed by atoms with van der Waals surface area (Å²) in [5.74, 6) is 0.788. The lowest BCUT2D eigenvalue weighted by Crippen LogP contribution is -2.43. The van der Waals surface area contributed by atoms with Gasteiger partial charge in [0.15, 0.2) is 0 Å². The summed E-state index contributed by atoms with van der Waals surface area (Å²) in [7, 11) is 1.64. The lowest BCUT2D eigenvalue weighted by Gasteiger charge is -2.36. The standard InChI is InChI=1S/C23H22ClN5O2/c1-14-9-19-18(12-29(14)20-10-21(24)27-22-17(20)7-8-25-22)23(30)28(13-26-19)11-15-3-5-16(31-2)6-4-15/h3-8,10,13-14H,9,11-12H2,1-2H3,(H,25,27). The van der Waals surface area contributed by atoms with Crippen LogP contribution in [0.2, 0.25) is 5.15 Å². The molecule has 1 N–H and O–H groups in total. The maximum absolute atomic E-state index is 13.3. The Morgan fingerprint density at radius 3 is 2.84 bits per heavy atom. The molecule has 0 fully saturated rings. The second kappa shape index (κ2) is 7.74. The van der Waals surface area contributed by atoms with Gasteiger partial charge in [0, 0.05) is 24.0 Å². The molecule has 5 rings (SSSR count). The molecule has 4 heterocycles. The van der Waals surface area contributed by atoms with E-state index >= 15 is 0 Å². The molecular formula is C23H22ClN5O2. The van der Waals surface area contributed by atoms with Gasteiger partial charge in [0.2, 0.25) is 0 Å². The van der Waals surface area contributed by atoms with Gasteiger partial charge >= 0.3 is 0 Å². The molecule has 0 bridgehead atoms. The van der Waals surface area contributed by atoms with Gasteiger partial charge in [0.25, 0.3) is 5.56 Å². The Hall–Kier alpha value is -3.32. The molecule has 1 aliphatic heterocycles. The van der Waals surface area contributed by atoms with Crippen molar-refractivity contribution in [3.05, 3.63) is 81.3 Å². The smallest absolute Gasteiger partial charge is 0.258 e. The molecule has 0 saturated heterocycles. The maximum Gasteiger partial charge on any atom is 0.258 e. The number of anilines is 1. The van der Waals surface area contributed by atoms with E-state index in [1.165, 1.54) is 0 Å². The number of nitrogens with one attached hydrogen (secondary N) is 1. The van der Waals surface area contributed by atoms with E-state index in [1.807, 2.05) is 42.6 Å². The zero-order chi connectivity index (χ0) is 21.5. The second-order valence-electron chi connectivity index (χ2n) is 7.84. The number of halogens is 1. The summed E-state index contributed by atoms with van der Waals surface area (Å²) in [4.78, 5) is 27.6. The number of H-pyrrole nitrogens is 1. The van der Waals surface area contributed by atoms with E-state index < -0.39 is 0 Å². The summed E-state index contributed by atoms with van der Waals surface area (Å²) < 4.78 is 6.88. The fourth-order valence-corrected chi connectivity index (χ4v) is 4.40. The number of methoxy groups -OCH3 is 1. The molecular weight excluding hydrogens is 414 g/mol. The van der Waals surface area contributed by atoms with Crippen molar-refractivity contribution in [2.45, 2.75) is 32.5 Å². The number of hydrogen-bond donors (Lipinski definition) is 1. The molecule has 1 aliphatic rings. The molecule has 8 heteroatoms. The van der Waals surface area contributed by atoms with Gasteiger partial charge in [0.1, 0.15) is 16.5 Å². The highest BCUT2D eigenvalue weighted by atomic mass is 35.5. The van der Waals surface area contributed by atoms with E-state index in [9.17, 15) is 4.79 Å². The van der Waals surface area contributed by atoms with Crippen molar-refractivity contribution in [3.8, 4) is 5.75 Å². The predicted octanol–water partition coefficient (Wildman–Crippen LogP) is 3.78. The van der Waals surface area contributed by atoms with Crippen molar-refractivity contribution in [2.24, 2.45) is 0 Å². The Morgan fingerprint density at radius 2 is 2.06 bits per heavy atom. The van der Waals surface area contributed by atoms with Gasteiger partial charge in [-0.2, -0.15) is 0 Å². The van der Waals surface area contributed by atoms with Crippen LogP contribution in [0.25, 0.3) is 11.0 Å². The fourth-order valence-electron chi connectivity index (χ4n) is 4.21. The van der Waals surface area contributed by atoms with Crippen molar-refractivity contribution in [1.29, 1.82) is 0 Å². The van der Waals surface area contributed by atoms with E-state index in [0.29, 0.717) is 24.7 Å². The van der Waals surface area contributed by atoms with Crippen LogP contribution in [0.1, 0.15) is 23.7 Å². The predicted molar refractivity (Wildman–Crippen MR) is 121 cm³/mol. The van der Waals surface area contributed by atoms with Crippen molar-refractivity contribution < 1.29 is 4.74 Å². The number of nitrogens with zero attached hydrogens (tertiary/aromatic N) is 4. The Bertz CT molecular complexity index is 1310. The minimum absolute atomic E-state index is 0.0109. The number of pyridine rings is 1. The minimum Gasteiger partial charge on any atom is -0.497 e. The number of ether oxygens (including phenoxy) is 1. The molecule has 158 valence electrons. The summed E-state index contributed by atoms with van der Waals surface area (Å²) in [6.07, 6.45) is 4.20. The zero-order valence-electron chi connectivity index (χ0n) is 17.3. The molecule has 0 aliphatic carbocycles. The van der Waals surface area contributed by atoms with Crippen molar-refractivity contribution in [2.75, 3.05) is 12.0 Å². The lowest BCUT2D eigenvalue weighted by molar-refractivity contribution is 0.414. The summed E-state index contributed by atoms with van der Waals surface area (Å²) in [5, 5.41) is 1.41. The summed E-state index contributed by atoms with van der Waals surface area (Å²) in [5.41, 5.74) is 4.31. The number of fused-ring (bicyclic) bond motifs is 2. The quantitative estimate of drug-likeness (QED) is 0.494. The SMILES string of the molecule is COc1ccc(Cn2cnc3c(c2=O)CN(c2cc(Cl)nc4[nH]ccc24)C(C)C3)cc1. The Labute approximate surface area is 184 Å². The normalized spacial score (nSPS) is 15.8. The number of hydrogen-bond acceptors (Lipinski definition) is 5. The van der Waals surface area contributed by atoms with Gasteiger partial charge in [-0.05, 0) is 36.8 Å². The minimum atomic E-state index is -0.0109. The van der Waals surface area contributed by atoms with Gasteiger partial charge in [-0.25, -0.2) is 9.97 Å². The average Bonchev–Trinajstić information content (AvgIpc) is 3.24. The third-order valence-corrected chi connectivity index (χ3v) is 6.06. The number of benzene rings is 1. The molecule has 0 amide bonds. The summed E-state index contributed by atoms with van der Waals surface area (Å²) in [6, 6.07) is 11.7. The topological polar surface area (TPSA) is 76.0 Å². The third kappa shape index (κ3) is 3.55. The van der Waals surface area contributed by atoms with E-state index in [0.717, 1.165) is 39.3 Å². The first kappa shape index (κ1) is 19.6. The van der Waals surface area contributed by atoms with Gasteiger partial charge in [-0.15, -0.1) is 0 Å². The Morgan fingerprint density at radius 1 is 1.26 bits per heavy atom. The molecule has 0 spiro atoms. The zero-order valence-corrected chi connectivity index (χ0v) is 18.1. The monoisotopic (exact) mass is 435 g/mol. The van der Waals surface area contributed by atoms with Crippen LogP contribution in [0.5, 0.6) is 5.75 Å². The molecule has 7 nitrogen and oxygen atoms in total. The second-order valence-corrected chi connectivity index (χ2v) is 8.22. The van der Waals surface area contributed by atoms with Crippen molar-refractivity contribution in [1.82, 2.24) is 19.5 Å². The first-order chi connectivity index (χ1) is 15.0. The molecule has 31 heavy (non-hydrogen) atoms. The molecule has 0 saturated carbocycles. The van der Waals surface area contributed by atoms with Crippen LogP contribution in [0, 0.1) is 0 Å². The van der Waals surface area contributed by atoms with Gasteiger partial charge in [0.05, 0.1) is 43.5 Å². The first-order valence-electron chi connectivity index (χ1n) is 10.1. The van der Waals surface area contributed by atoms with E-state index in [1.54, 1.807) is 18.0 Å². The lowest BCUT2D eigenvalue weighted by atomic mass is 9.99. The van der Waals surface area contributed by atoms with Gasteiger partial charge < -0.3 is 14.6 Å². The van der Waals surface area contributed by atoms with E-state index in [-0.39, 0.29) is 11.6 Å². The van der Waals surface area contributed by atoms with Gasteiger partial charge in [-0.1, -0.05) is 23.7 Å². The third-order valence-electron chi connectivity index (χ3n) is 5.87. The van der Waals surface area contributed by atoms with Crippen LogP contribution in [0.4, 0.5) is 5.69 Å². The first-order valence-corrected chi connectivity index (χ1v) is 10.5. The molecule has 3 aromatic heterocycles. The van der Waals surface area contributed by atoms with E-state index in [4.69, 9.17) is 16.3 Å². The largest absolute Gasteiger partial charge is 0.497 e. The average molecular weight is 436 g/mol. The summed E-state index contributed by atoms with van der Waals surface area (Å²) >= 11 is 6.27. The Balaban J connectivity index is 1.51. The maximum atomic E-state index is 13.3. The molecule has 1 aromatic carbocycles. The number of rotatable bonds is 4. The highest BCUT2D eigenvalue weighted by Crippen LogP contribution is 2.33. The number of aromatic amines is 1. The van der Waals surface area contributed by atoms with Crippen molar-refractivity contribution in [3.63, 3.8) is 0 Å². The highest BCUT2D eigenvalue weighted by Gasteiger charge is 2.28. The summed E-state index contributed by atoms with van der Waals surface area (Å²) in [6.45, 7) is 3.08.